The number of rotatable bonds is 3. The Kier molecular flexibility index (Phi) is 5.00. The third-order valence-electron chi connectivity index (χ3n) is 3.39. The van der Waals surface area contributed by atoms with Crippen molar-refractivity contribution in [3.05, 3.63) is 34.3 Å². The van der Waals surface area contributed by atoms with Crippen molar-refractivity contribution >= 4 is 28.0 Å². The molecule has 0 bridgehead atoms. The van der Waals surface area contributed by atoms with Gasteiger partial charge in [0.25, 0.3) is 0 Å². The molecule has 6 heteroatoms. The Hall–Kier alpha value is -1.56. The topological polar surface area (TPSA) is 66.8 Å². The van der Waals surface area contributed by atoms with E-state index in [0.29, 0.717) is 25.9 Å². The van der Waals surface area contributed by atoms with Crippen molar-refractivity contribution < 1.29 is 19.4 Å². The lowest BCUT2D eigenvalue weighted by molar-refractivity contribution is -0.151. The monoisotopic (exact) mass is 341 g/mol. The van der Waals surface area contributed by atoms with Gasteiger partial charge in [-0.05, 0) is 30.5 Å². The minimum absolute atomic E-state index is 0.193. The van der Waals surface area contributed by atoms with Crippen LogP contribution in [0.2, 0.25) is 0 Å². The van der Waals surface area contributed by atoms with Gasteiger partial charge in [0, 0.05) is 17.6 Å². The molecule has 1 aliphatic rings. The zero-order chi connectivity index (χ0) is 14.5. The van der Waals surface area contributed by atoms with E-state index in [9.17, 15) is 9.59 Å². The minimum atomic E-state index is -0.924. The maximum atomic E-state index is 11.9. The predicted molar refractivity (Wildman–Crippen MR) is 76.3 cm³/mol. The summed E-state index contributed by atoms with van der Waals surface area (Å²) < 4.78 is 6.26. The summed E-state index contributed by atoms with van der Waals surface area (Å²) in [4.78, 5) is 24.0. The summed E-state index contributed by atoms with van der Waals surface area (Å²) >= 11 is 3.34. The average Bonchev–Trinajstić information content (AvgIpc) is 2.46. The molecule has 0 unspecified atom stereocenters. The van der Waals surface area contributed by atoms with E-state index in [0.717, 1.165) is 10.0 Å². The fraction of sp³-hybridized carbons (Fsp3) is 0.429. The summed E-state index contributed by atoms with van der Waals surface area (Å²) in [5.41, 5.74) is 0.935. The Bertz CT molecular complexity index is 480. The molecule has 108 valence electrons. The highest BCUT2D eigenvalue weighted by Crippen LogP contribution is 2.19. The minimum Gasteiger partial charge on any atom is -0.465 e. The van der Waals surface area contributed by atoms with Crippen LogP contribution in [0.15, 0.2) is 28.7 Å². The molecule has 1 aliphatic heterocycles. The number of halogens is 1. The number of hydrogen-bond donors (Lipinski definition) is 1. The number of ether oxygens (including phenoxy) is 1. The smallest absolute Gasteiger partial charge is 0.407 e. The van der Waals surface area contributed by atoms with Gasteiger partial charge in [-0.25, -0.2) is 4.79 Å². The SMILES string of the molecule is O=C(OCc1ccc(Br)cc1)C1CCN(C(=O)O)CC1. The van der Waals surface area contributed by atoms with Crippen molar-refractivity contribution in [2.75, 3.05) is 13.1 Å². The molecule has 0 radical (unpaired) electrons. The van der Waals surface area contributed by atoms with Crippen LogP contribution in [-0.2, 0) is 16.1 Å². The van der Waals surface area contributed by atoms with Gasteiger partial charge in [-0.3, -0.25) is 4.79 Å². The van der Waals surface area contributed by atoms with Crippen molar-refractivity contribution in [3.63, 3.8) is 0 Å². The van der Waals surface area contributed by atoms with E-state index in [1.807, 2.05) is 24.3 Å². The normalized spacial score (nSPS) is 15.9. The molecular formula is C14H16BrNO4. The third-order valence-corrected chi connectivity index (χ3v) is 3.92. The number of esters is 1. The second-order valence-corrected chi connectivity index (χ2v) is 5.69. The van der Waals surface area contributed by atoms with Crippen LogP contribution in [-0.4, -0.2) is 35.2 Å². The van der Waals surface area contributed by atoms with Crippen LogP contribution in [0.3, 0.4) is 0 Å². The molecule has 0 spiro atoms. The van der Waals surface area contributed by atoms with Crippen molar-refractivity contribution in [2.24, 2.45) is 5.92 Å². The molecule has 5 nitrogen and oxygen atoms in total. The van der Waals surface area contributed by atoms with E-state index in [4.69, 9.17) is 9.84 Å². The molecule has 1 N–H and O–H groups in total. The van der Waals surface area contributed by atoms with Gasteiger partial charge in [-0.2, -0.15) is 0 Å². The zero-order valence-electron chi connectivity index (χ0n) is 10.9. The van der Waals surface area contributed by atoms with Crippen LogP contribution >= 0.6 is 15.9 Å². The van der Waals surface area contributed by atoms with Gasteiger partial charge in [-0.15, -0.1) is 0 Å². The lowest BCUT2D eigenvalue weighted by Crippen LogP contribution is -2.39. The molecule has 1 amide bonds. The number of piperidine rings is 1. The molecule has 20 heavy (non-hydrogen) atoms. The van der Waals surface area contributed by atoms with Crippen LogP contribution in [0.4, 0.5) is 4.79 Å². The first-order valence-corrected chi connectivity index (χ1v) is 7.24. The van der Waals surface area contributed by atoms with Gasteiger partial charge in [0.1, 0.15) is 6.61 Å². The second-order valence-electron chi connectivity index (χ2n) is 4.78. The van der Waals surface area contributed by atoms with E-state index in [-0.39, 0.29) is 18.5 Å². The fourth-order valence-electron chi connectivity index (χ4n) is 2.16. The fourth-order valence-corrected chi connectivity index (χ4v) is 2.42. The summed E-state index contributed by atoms with van der Waals surface area (Å²) in [6.07, 6.45) is 0.142. The molecule has 0 atom stereocenters. The third kappa shape index (κ3) is 3.96. The largest absolute Gasteiger partial charge is 0.465 e. The van der Waals surface area contributed by atoms with Gasteiger partial charge in [0.05, 0.1) is 5.92 Å². The Balaban J connectivity index is 1.78. The number of amides is 1. The first-order valence-electron chi connectivity index (χ1n) is 6.45. The number of hydrogen-bond acceptors (Lipinski definition) is 3. The van der Waals surface area contributed by atoms with E-state index >= 15 is 0 Å². The maximum absolute atomic E-state index is 11.9. The van der Waals surface area contributed by atoms with Crippen LogP contribution < -0.4 is 0 Å². The number of carbonyl (C=O) groups excluding carboxylic acids is 1. The Morgan fingerprint density at radius 3 is 2.40 bits per heavy atom. The van der Waals surface area contributed by atoms with Crippen LogP contribution in [0.5, 0.6) is 0 Å². The standard InChI is InChI=1S/C14H16BrNO4/c15-12-3-1-10(2-4-12)9-20-13(17)11-5-7-16(8-6-11)14(18)19/h1-4,11H,5-9H2,(H,18,19). The molecule has 1 heterocycles. The van der Waals surface area contributed by atoms with Crippen molar-refractivity contribution in [1.29, 1.82) is 0 Å². The first-order chi connectivity index (χ1) is 9.56. The number of carboxylic acid groups (broad SMARTS) is 1. The van der Waals surface area contributed by atoms with Crippen LogP contribution in [0.25, 0.3) is 0 Å². The summed E-state index contributed by atoms with van der Waals surface area (Å²) in [5.74, 6) is -0.431. The van der Waals surface area contributed by atoms with E-state index in [1.165, 1.54) is 4.90 Å². The first kappa shape index (κ1) is 14.8. The number of likely N-dealkylation sites (tertiary alicyclic amines) is 1. The maximum Gasteiger partial charge on any atom is 0.407 e. The van der Waals surface area contributed by atoms with Gasteiger partial charge >= 0.3 is 12.1 Å². The van der Waals surface area contributed by atoms with Crippen molar-refractivity contribution in [3.8, 4) is 0 Å². The summed E-state index contributed by atoms with van der Waals surface area (Å²) in [7, 11) is 0. The number of nitrogens with zero attached hydrogens (tertiary/aromatic N) is 1. The van der Waals surface area contributed by atoms with Gasteiger partial charge < -0.3 is 14.7 Å². The van der Waals surface area contributed by atoms with E-state index in [1.54, 1.807) is 0 Å². The molecule has 1 saturated heterocycles. The number of carbonyl (C=O) groups is 2. The Morgan fingerprint density at radius 2 is 1.85 bits per heavy atom. The molecular weight excluding hydrogens is 326 g/mol. The predicted octanol–water partition coefficient (Wildman–Crippen LogP) is 2.88. The van der Waals surface area contributed by atoms with Crippen molar-refractivity contribution in [2.45, 2.75) is 19.4 Å². The molecule has 0 aromatic heterocycles. The summed E-state index contributed by atoms with van der Waals surface area (Å²) in [6.45, 7) is 1.05. The highest BCUT2D eigenvalue weighted by atomic mass is 79.9. The molecule has 1 aromatic rings. The van der Waals surface area contributed by atoms with Crippen molar-refractivity contribution in [1.82, 2.24) is 4.90 Å². The van der Waals surface area contributed by atoms with Gasteiger partial charge in [0.15, 0.2) is 0 Å². The molecule has 0 saturated carbocycles. The second kappa shape index (κ2) is 6.74. The van der Waals surface area contributed by atoms with Crippen LogP contribution in [0, 0.1) is 5.92 Å². The number of benzene rings is 1. The van der Waals surface area contributed by atoms with Crippen LogP contribution in [0.1, 0.15) is 18.4 Å². The van der Waals surface area contributed by atoms with E-state index in [2.05, 4.69) is 15.9 Å². The van der Waals surface area contributed by atoms with Gasteiger partial charge in [-0.1, -0.05) is 28.1 Å². The quantitative estimate of drug-likeness (QED) is 0.858. The molecule has 1 fully saturated rings. The highest BCUT2D eigenvalue weighted by molar-refractivity contribution is 9.10. The Morgan fingerprint density at radius 1 is 1.25 bits per heavy atom. The molecule has 2 rings (SSSR count). The Labute approximate surface area is 125 Å². The van der Waals surface area contributed by atoms with E-state index < -0.39 is 6.09 Å². The molecule has 1 aromatic carbocycles. The summed E-state index contributed by atoms with van der Waals surface area (Å²) in [5, 5.41) is 8.84. The highest BCUT2D eigenvalue weighted by Gasteiger charge is 2.28. The lowest BCUT2D eigenvalue weighted by Gasteiger charge is -2.28. The van der Waals surface area contributed by atoms with Gasteiger partial charge in [0.2, 0.25) is 0 Å². The lowest BCUT2D eigenvalue weighted by atomic mass is 9.97. The average molecular weight is 342 g/mol. The summed E-state index contributed by atoms with van der Waals surface area (Å²) in [6, 6.07) is 7.58. The zero-order valence-corrected chi connectivity index (χ0v) is 12.5. The molecule has 0 aliphatic carbocycles.